The van der Waals surface area contributed by atoms with E-state index in [-0.39, 0.29) is 6.42 Å². The van der Waals surface area contributed by atoms with Gasteiger partial charge >= 0.3 is 0 Å². The van der Waals surface area contributed by atoms with E-state index in [1.165, 1.54) is 6.08 Å². The highest BCUT2D eigenvalue weighted by Gasteiger charge is 2.09. The molecule has 2 aromatic carbocycles. The first-order valence-electron chi connectivity index (χ1n) is 6.27. The first-order valence-corrected chi connectivity index (χ1v) is 6.27. The second kappa shape index (κ2) is 6.66. The number of hydrogen-bond donors (Lipinski definition) is 0. The lowest BCUT2D eigenvalue weighted by Crippen LogP contribution is -2.02. The molecule has 0 fully saturated rings. The van der Waals surface area contributed by atoms with Gasteiger partial charge in [0.25, 0.3) is 0 Å². The Bertz CT molecular complexity index is 601. The third-order valence-electron chi connectivity index (χ3n) is 2.88. The van der Waals surface area contributed by atoms with Crippen molar-refractivity contribution in [1.29, 1.82) is 0 Å². The summed E-state index contributed by atoms with van der Waals surface area (Å²) >= 11 is 0. The number of hydrogen-bond acceptors (Lipinski definition) is 2. The van der Waals surface area contributed by atoms with Gasteiger partial charge < -0.3 is 4.74 Å². The monoisotopic (exact) mass is 270 g/mol. The summed E-state index contributed by atoms with van der Waals surface area (Å²) in [5.41, 5.74) is 1.43. The number of carbonyl (C=O) groups excluding carboxylic acids is 1. The lowest BCUT2D eigenvalue weighted by Gasteiger charge is -2.01. The molecule has 0 bridgehead atoms. The van der Waals surface area contributed by atoms with Crippen molar-refractivity contribution >= 4 is 11.9 Å². The molecule has 0 N–H and O–H groups in total. The Morgan fingerprint density at radius 3 is 2.35 bits per heavy atom. The van der Waals surface area contributed by atoms with E-state index >= 15 is 0 Å². The van der Waals surface area contributed by atoms with Crippen molar-refractivity contribution in [1.82, 2.24) is 0 Å². The molecule has 2 rings (SSSR count). The van der Waals surface area contributed by atoms with Crippen molar-refractivity contribution in [3.8, 4) is 5.75 Å². The molecule has 0 aliphatic heterocycles. The van der Waals surface area contributed by atoms with Crippen LogP contribution in [0.15, 0.2) is 60.4 Å². The summed E-state index contributed by atoms with van der Waals surface area (Å²) in [5.74, 6) is -0.566. The summed E-state index contributed by atoms with van der Waals surface area (Å²) in [7, 11) is 1.56. The normalized spacial score (nSPS) is 11.2. The van der Waals surface area contributed by atoms with Gasteiger partial charge in [0.1, 0.15) is 5.75 Å². The molecule has 102 valence electrons. The van der Waals surface area contributed by atoms with Gasteiger partial charge in [-0.05, 0) is 29.3 Å². The zero-order valence-electron chi connectivity index (χ0n) is 11.2. The third kappa shape index (κ3) is 3.79. The molecule has 0 atom stereocenters. The fourth-order valence-electron chi connectivity index (χ4n) is 1.79. The molecule has 0 unspecified atom stereocenters. The Kier molecular flexibility index (Phi) is 4.66. The molecule has 0 amide bonds. The summed E-state index contributed by atoms with van der Waals surface area (Å²) in [4.78, 5) is 11.8. The summed E-state index contributed by atoms with van der Waals surface area (Å²) in [5, 5.41) is 0. The minimum absolute atomic E-state index is 0.0688. The van der Waals surface area contributed by atoms with Gasteiger partial charge in [0.05, 0.1) is 7.11 Å². The fraction of sp³-hybridized carbons (Fsp3) is 0.118. The van der Waals surface area contributed by atoms with Gasteiger partial charge in [-0.2, -0.15) is 0 Å². The zero-order chi connectivity index (χ0) is 14.4. The van der Waals surface area contributed by atoms with Gasteiger partial charge in [-0.3, -0.25) is 4.79 Å². The molecule has 0 heterocycles. The van der Waals surface area contributed by atoms with E-state index in [2.05, 4.69) is 0 Å². The molecule has 0 saturated heterocycles. The highest BCUT2D eigenvalue weighted by molar-refractivity contribution is 5.98. The number of ether oxygens (including phenoxy) is 1. The second-order valence-corrected chi connectivity index (χ2v) is 4.35. The van der Waals surface area contributed by atoms with E-state index in [0.29, 0.717) is 11.3 Å². The average molecular weight is 270 g/mol. The second-order valence-electron chi connectivity index (χ2n) is 4.35. The molecule has 2 aromatic rings. The Morgan fingerprint density at radius 1 is 1.10 bits per heavy atom. The van der Waals surface area contributed by atoms with Crippen LogP contribution in [0.2, 0.25) is 0 Å². The predicted molar refractivity (Wildman–Crippen MR) is 77.2 cm³/mol. The molecule has 20 heavy (non-hydrogen) atoms. The maximum atomic E-state index is 13.8. The lowest BCUT2D eigenvalue weighted by molar-refractivity contribution is -0.116. The predicted octanol–water partition coefficient (Wildman–Crippen LogP) is 3.82. The molecule has 3 heteroatoms. The Morgan fingerprint density at radius 2 is 1.75 bits per heavy atom. The summed E-state index contributed by atoms with van der Waals surface area (Å²) in [6.07, 6.45) is 1.31. The number of methoxy groups -OCH3 is 1. The maximum Gasteiger partial charge on any atom is 0.195 e. The number of carbonyl (C=O) groups is 1. The largest absolute Gasteiger partial charge is 0.497 e. The highest BCUT2D eigenvalue weighted by atomic mass is 19.1. The summed E-state index contributed by atoms with van der Waals surface area (Å²) in [6.45, 7) is 0. The fourth-order valence-corrected chi connectivity index (χ4v) is 1.79. The van der Waals surface area contributed by atoms with E-state index in [0.717, 1.165) is 5.56 Å². The number of rotatable bonds is 5. The molecule has 2 nitrogen and oxygen atoms in total. The van der Waals surface area contributed by atoms with Crippen molar-refractivity contribution in [2.45, 2.75) is 6.42 Å². The summed E-state index contributed by atoms with van der Waals surface area (Å²) < 4.78 is 18.8. The van der Waals surface area contributed by atoms with E-state index < -0.39 is 11.6 Å². The van der Waals surface area contributed by atoms with Crippen LogP contribution in [-0.4, -0.2) is 12.9 Å². The van der Waals surface area contributed by atoms with Gasteiger partial charge in [0.2, 0.25) is 0 Å². The average Bonchev–Trinajstić information content (AvgIpc) is 2.49. The zero-order valence-corrected chi connectivity index (χ0v) is 11.2. The van der Waals surface area contributed by atoms with E-state index in [4.69, 9.17) is 4.74 Å². The number of allylic oxidation sites excluding steroid dienone is 1. The molecule has 0 radical (unpaired) electrons. The van der Waals surface area contributed by atoms with Crippen molar-refractivity contribution in [2.24, 2.45) is 0 Å². The van der Waals surface area contributed by atoms with E-state index in [9.17, 15) is 9.18 Å². The van der Waals surface area contributed by atoms with Crippen LogP contribution in [0.3, 0.4) is 0 Å². The van der Waals surface area contributed by atoms with Gasteiger partial charge in [-0.25, -0.2) is 4.39 Å². The standard InChI is InChI=1S/C17H15FO2/c1-20-15-9-7-14(8-10-15)11-16(18)17(19)12-13-5-3-2-4-6-13/h2-11H,12H2,1H3/b16-11-. The van der Waals surface area contributed by atoms with Gasteiger partial charge in [-0.1, -0.05) is 42.5 Å². The van der Waals surface area contributed by atoms with Crippen LogP contribution in [0, 0.1) is 0 Å². The van der Waals surface area contributed by atoms with Crippen LogP contribution in [0.1, 0.15) is 11.1 Å². The smallest absolute Gasteiger partial charge is 0.195 e. The minimum atomic E-state index is -0.737. The first kappa shape index (κ1) is 14.0. The Labute approximate surface area is 117 Å². The molecule has 0 aliphatic carbocycles. The molecule has 0 saturated carbocycles. The highest BCUT2D eigenvalue weighted by Crippen LogP contribution is 2.15. The Balaban J connectivity index is 2.07. The maximum absolute atomic E-state index is 13.8. The summed E-state index contributed by atoms with van der Waals surface area (Å²) in [6, 6.07) is 16.0. The number of halogens is 1. The van der Waals surface area contributed by atoms with Gasteiger partial charge in [0, 0.05) is 6.42 Å². The minimum Gasteiger partial charge on any atom is -0.497 e. The van der Waals surface area contributed by atoms with Crippen molar-refractivity contribution < 1.29 is 13.9 Å². The first-order chi connectivity index (χ1) is 9.69. The van der Waals surface area contributed by atoms with Crippen LogP contribution in [0.5, 0.6) is 5.75 Å². The topological polar surface area (TPSA) is 26.3 Å². The van der Waals surface area contributed by atoms with Crippen LogP contribution in [-0.2, 0) is 11.2 Å². The lowest BCUT2D eigenvalue weighted by atomic mass is 10.1. The van der Waals surface area contributed by atoms with Crippen LogP contribution in [0.4, 0.5) is 4.39 Å². The van der Waals surface area contributed by atoms with Gasteiger partial charge in [0.15, 0.2) is 11.6 Å². The molecular weight excluding hydrogens is 255 g/mol. The molecule has 0 spiro atoms. The molecular formula is C17H15FO2. The van der Waals surface area contributed by atoms with Crippen LogP contribution >= 0.6 is 0 Å². The van der Waals surface area contributed by atoms with Crippen LogP contribution < -0.4 is 4.74 Å². The molecule has 0 aliphatic rings. The Hall–Kier alpha value is -2.42. The van der Waals surface area contributed by atoms with E-state index in [1.807, 2.05) is 18.2 Å². The number of ketones is 1. The van der Waals surface area contributed by atoms with E-state index in [1.54, 1.807) is 43.5 Å². The van der Waals surface area contributed by atoms with Crippen LogP contribution in [0.25, 0.3) is 6.08 Å². The van der Waals surface area contributed by atoms with Crippen molar-refractivity contribution in [3.63, 3.8) is 0 Å². The number of Topliss-reactive ketones (excluding diaryl/α,β-unsaturated/α-hetero) is 1. The van der Waals surface area contributed by atoms with Gasteiger partial charge in [-0.15, -0.1) is 0 Å². The molecule has 0 aromatic heterocycles. The SMILES string of the molecule is COc1ccc(/C=C(\F)C(=O)Cc2ccccc2)cc1. The third-order valence-corrected chi connectivity index (χ3v) is 2.88. The number of benzene rings is 2. The van der Waals surface area contributed by atoms with Crippen molar-refractivity contribution in [2.75, 3.05) is 7.11 Å². The van der Waals surface area contributed by atoms with Crippen molar-refractivity contribution in [3.05, 3.63) is 71.6 Å². The quantitative estimate of drug-likeness (QED) is 0.772.